The Balaban J connectivity index is 2.19. The molecule has 0 amide bonds. The van der Waals surface area contributed by atoms with E-state index < -0.39 is 0 Å². The quantitative estimate of drug-likeness (QED) is 0.774. The van der Waals surface area contributed by atoms with Gasteiger partial charge in [0.15, 0.2) is 0 Å². The molecule has 0 radical (unpaired) electrons. The van der Waals surface area contributed by atoms with E-state index in [0.717, 1.165) is 29.7 Å². The number of hydrogen-bond donors (Lipinski definition) is 2. The molecule has 2 aromatic rings. The maximum atomic E-state index is 5.69. The lowest BCUT2D eigenvalue weighted by molar-refractivity contribution is 0.652. The van der Waals surface area contributed by atoms with Gasteiger partial charge in [-0.3, -0.25) is 0 Å². The molecule has 3 N–H and O–H groups in total. The molecule has 0 fully saturated rings. The molecule has 2 rings (SSSR count). The lowest BCUT2D eigenvalue weighted by Crippen LogP contribution is -2.15. The van der Waals surface area contributed by atoms with Crippen molar-refractivity contribution in [2.75, 3.05) is 0 Å². The number of hydrogen-bond acceptors (Lipinski definition) is 2. The summed E-state index contributed by atoms with van der Waals surface area (Å²) >= 11 is 0. The Hall–Kier alpha value is -1.35. The number of nitrogens with zero attached hydrogens (tertiary/aromatic N) is 1. The fourth-order valence-corrected chi connectivity index (χ4v) is 1.49. The van der Waals surface area contributed by atoms with Crippen LogP contribution in [0.2, 0.25) is 0 Å². The number of rotatable bonds is 3. The minimum Gasteiger partial charge on any atom is -0.342 e. The number of nitrogens with one attached hydrogen (secondary N) is 1. The summed E-state index contributed by atoms with van der Waals surface area (Å²) in [6, 6.07) is 8.30. The van der Waals surface area contributed by atoms with E-state index in [1.165, 1.54) is 0 Å². The number of imidazole rings is 1. The fourth-order valence-electron chi connectivity index (χ4n) is 1.49. The Morgan fingerprint density at radius 3 is 2.93 bits per heavy atom. The van der Waals surface area contributed by atoms with Crippen LogP contribution in [0.15, 0.2) is 24.3 Å². The van der Waals surface area contributed by atoms with Crippen molar-refractivity contribution in [3.05, 3.63) is 30.1 Å². The van der Waals surface area contributed by atoms with Gasteiger partial charge in [0.1, 0.15) is 5.82 Å². The smallest absolute Gasteiger partial charge is 0.107 e. The number of para-hydroxylation sites is 2. The zero-order valence-corrected chi connectivity index (χ0v) is 8.33. The number of aromatic nitrogens is 2. The first-order chi connectivity index (χ1) is 6.75. The summed E-state index contributed by atoms with van der Waals surface area (Å²) in [6.45, 7) is 2.02. The van der Waals surface area contributed by atoms with Crippen LogP contribution in [0.1, 0.15) is 19.2 Å². The second-order valence-electron chi connectivity index (χ2n) is 3.72. The number of H-pyrrole nitrogens is 1. The van der Waals surface area contributed by atoms with Gasteiger partial charge in [0.05, 0.1) is 11.0 Å². The zero-order valence-electron chi connectivity index (χ0n) is 8.33. The van der Waals surface area contributed by atoms with Crippen molar-refractivity contribution in [2.24, 2.45) is 5.73 Å². The Kier molecular flexibility index (Phi) is 2.50. The molecule has 0 saturated heterocycles. The van der Waals surface area contributed by atoms with E-state index in [0.29, 0.717) is 0 Å². The molecule has 3 nitrogen and oxygen atoms in total. The third-order valence-corrected chi connectivity index (χ3v) is 2.27. The van der Waals surface area contributed by atoms with Crippen LogP contribution < -0.4 is 5.73 Å². The van der Waals surface area contributed by atoms with Gasteiger partial charge in [-0.25, -0.2) is 4.98 Å². The topological polar surface area (TPSA) is 54.7 Å². The Labute approximate surface area is 83.3 Å². The SMILES string of the molecule is C[C@H](N)CCc1nc2ccccc2[nH]1. The number of aryl methyl sites for hydroxylation is 1. The summed E-state index contributed by atoms with van der Waals surface area (Å²) in [5.74, 6) is 1.03. The Bertz CT molecular complexity index is 384. The molecule has 0 bridgehead atoms. The van der Waals surface area contributed by atoms with Gasteiger partial charge in [0.25, 0.3) is 0 Å². The van der Waals surface area contributed by atoms with Crippen LogP contribution >= 0.6 is 0 Å². The van der Waals surface area contributed by atoms with E-state index in [1.807, 2.05) is 31.2 Å². The predicted molar refractivity (Wildman–Crippen MR) is 58.1 cm³/mol. The maximum absolute atomic E-state index is 5.69. The van der Waals surface area contributed by atoms with Crippen LogP contribution in [0.25, 0.3) is 11.0 Å². The third-order valence-electron chi connectivity index (χ3n) is 2.27. The average Bonchev–Trinajstić information content (AvgIpc) is 2.57. The Morgan fingerprint density at radius 1 is 1.43 bits per heavy atom. The standard InChI is InChI=1S/C11H15N3/c1-8(12)6-7-11-13-9-4-2-3-5-10(9)14-11/h2-5,8H,6-7,12H2,1H3,(H,13,14)/t8-/m0/s1. The second kappa shape index (κ2) is 3.80. The van der Waals surface area contributed by atoms with Crippen molar-refractivity contribution in [3.63, 3.8) is 0 Å². The molecule has 0 spiro atoms. The zero-order chi connectivity index (χ0) is 9.97. The lowest BCUT2D eigenvalue weighted by atomic mass is 10.2. The fraction of sp³-hybridized carbons (Fsp3) is 0.364. The highest BCUT2D eigenvalue weighted by atomic mass is 14.9. The van der Waals surface area contributed by atoms with Crippen molar-refractivity contribution < 1.29 is 0 Å². The van der Waals surface area contributed by atoms with Gasteiger partial charge in [-0.1, -0.05) is 12.1 Å². The summed E-state index contributed by atoms with van der Waals surface area (Å²) in [6.07, 6.45) is 1.90. The minimum absolute atomic E-state index is 0.239. The number of benzene rings is 1. The van der Waals surface area contributed by atoms with Crippen LogP contribution in [-0.4, -0.2) is 16.0 Å². The van der Waals surface area contributed by atoms with Crippen molar-refractivity contribution in [2.45, 2.75) is 25.8 Å². The molecular formula is C11H15N3. The number of aromatic amines is 1. The maximum Gasteiger partial charge on any atom is 0.107 e. The highest BCUT2D eigenvalue weighted by Crippen LogP contribution is 2.11. The van der Waals surface area contributed by atoms with Crippen LogP contribution in [0.4, 0.5) is 0 Å². The van der Waals surface area contributed by atoms with E-state index in [1.54, 1.807) is 0 Å². The monoisotopic (exact) mass is 189 g/mol. The molecule has 0 aliphatic carbocycles. The second-order valence-corrected chi connectivity index (χ2v) is 3.72. The first-order valence-corrected chi connectivity index (χ1v) is 4.95. The van der Waals surface area contributed by atoms with Crippen molar-refractivity contribution in [1.29, 1.82) is 0 Å². The van der Waals surface area contributed by atoms with E-state index in [2.05, 4.69) is 9.97 Å². The summed E-state index contributed by atoms with van der Waals surface area (Å²) in [5.41, 5.74) is 7.83. The van der Waals surface area contributed by atoms with Gasteiger partial charge in [-0.05, 0) is 25.5 Å². The van der Waals surface area contributed by atoms with Gasteiger partial charge in [0, 0.05) is 12.5 Å². The van der Waals surface area contributed by atoms with Crippen LogP contribution in [0.3, 0.4) is 0 Å². The summed E-state index contributed by atoms with van der Waals surface area (Å²) in [4.78, 5) is 7.76. The van der Waals surface area contributed by atoms with Gasteiger partial charge in [0.2, 0.25) is 0 Å². The van der Waals surface area contributed by atoms with E-state index in [4.69, 9.17) is 5.73 Å². The summed E-state index contributed by atoms with van der Waals surface area (Å²) in [7, 11) is 0. The van der Waals surface area contributed by atoms with Crippen LogP contribution in [-0.2, 0) is 6.42 Å². The summed E-state index contributed by atoms with van der Waals surface area (Å²) < 4.78 is 0. The summed E-state index contributed by atoms with van der Waals surface area (Å²) in [5, 5.41) is 0. The largest absolute Gasteiger partial charge is 0.342 e. The Morgan fingerprint density at radius 2 is 2.21 bits per heavy atom. The van der Waals surface area contributed by atoms with Gasteiger partial charge >= 0.3 is 0 Å². The molecule has 1 atom stereocenters. The molecule has 1 aromatic carbocycles. The minimum atomic E-state index is 0.239. The van der Waals surface area contributed by atoms with Gasteiger partial charge in [-0.2, -0.15) is 0 Å². The van der Waals surface area contributed by atoms with Crippen molar-refractivity contribution in [1.82, 2.24) is 9.97 Å². The normalized spacial score (nSPS) is 13.3. The molecular weight excluding hydrogens is 174 g/mol. The molecule has 14 heavy (non-hydrogen) atoms. The third kappa shape index (κ3) is 1.93. The first-order valence-electron chi connectivity index (χ1n) is 4.95. The highest BCUT2D eigenvalue weighted by molar-refractivity contribution is 5.74. The molecule has 74 valence electrons. The predicted octanol–water partition coefficient (Wildman–Crippen LogP) is 1.84. The van der Waals surface area contributed by atoms with Crippen LogP contribution in [0, 0.1) is 0 Å². The van der Waals surface area contributed by atoms with Gasteiger partial charge in [-0.15, -0.1) is 0 Å². The first kappa shape index (κ1) is 9.21. The molecule has 1 heterocycles. The highest BCUT2D eigenvalue weighted by Gasteiger charge is 2.02. The van der Waals surface area contributed by atoms with E-state index >= 15 is 0 Å². The van der Waals surface area contributed by atoms with Gasteiger partial charge < -0.3 is 10.7 Å². The van der Waals surface area contributed by atoms with Crippen molar-refractivity contribution in [3.8, 4) is 0 Å². The molecule has 3 heteroatoms. The molecule has 1 aromatic heterocycles. The van der Waals surface area contributed by atoms with E-state index in [9.17, 15) is 0 Å². The number of fused-ring (bicyclic) bond motifs is 1. The molecule has 0 aliphatic heterocycles. The molecule has 0 saturated carbocycles. The van der Waals surface area contributed by atoms with Crippen molar-refractivity contribution >= 4 is 11.0 Å². The van der Waals surface area contributed by atoms with Crippen LogP contribution in [0.5, 0.6) is 0 Å². The average molecular weight is 189 g/mol. The van der Waals surface area contributed by atoms with E-state index in [-0.39, 0.29) is 6.04 Å². The number of nitrogens with two attached hydrogens (primary N) is 1. The lowest BCUT2D eigenvalue weighted by Gasteiger charge is -2.00. The molecule has 0 aliphatic rings. The molecule has 0 unspecified atom stereocenters.